The van der Waals surface area contributed by atoms with Crippen LogP contribution >= 0.6 is 23.2 Å². The summed E-state index contributed by atoms with van der Waals surface area (Å²) in [5, 5.41) is 3.44. The first-order chi connectivity index (χ1) is 12.6. The zero-order valence-electron chi connectivity index (χ0n) is 14.0. The molecule has 0 saturated carbocycles. The predicted octanol–water partition coefficient (Wildman–Crippen LogP) is 5.23. The van der Waals surface area contributed by atoms with E-state index in [2.05, 4.69) is 10.3 Å². The van der Waals surface area contributed by atoms with Gasteiger partial charge in [0, 0.05) is 18.4 Å². The summed E-state index contributed by atoms with van der Waals surface area (Å²) in [6.07, 6.45) is 2.21. The van der Waals surface area contributed by atoms with Gasteiger partial charge in [0.05, 0.1) is 29.0 Å². The van der Waals surface area contributed by atoms with Crippen LogP contribution < -0.4 is 10.1 Å². The summed E-state index contributed by atoms with van der Waals surface area (Å²) in [7, 11) is 1.61. The molecule has 0 atom stereocenters. The van der Waals surface area contributed by atoms with Crippen LogP contribution in [0.2, 0.25) is 10.0 Å². The maximum Gasteiger partial charge on any atom is 0.224 e. The number of ether oxygens (including phenoxy) is 1. The van der Waals surface area contributed by atoms with E-state index >= 15 is 0 Å². The fourth-order valence-corrected chi connectivity index (χ4v) is 2.72. The maximum atomic E-state index is 12.1. The molecule has 0 bridgehead atoms. The summed E-state index contributed by atoms with van der Waals surface area (Å²) >= 11 is 12.0. The molecule has 0 spiro atoms. The molecule has 0 unspecified atom stereocenters. The van der Waals surface area contributed by atoms with E-state index < -0.39 is 0 Å². The summed E-state index contributed by atoms with van der Waals surface area (Å²) in [4.78, 5) is 16.3. The molecule has 1 N–H and O–H groups in total. The van der Waals surface area contributed by atoms with Gasteiger partial charge in [-0.2, -0.15) is 0 Å². The number of halogens is 2. The number of carbonyl (C=O) groups is 1. The van der Waals surface area contributed by atoms with E-state index in [9.17, 15) is 4.79 Å². The van der Waals surface area contributed by atoms with Gasteiger partial charge in [0.15, 0.2) is 11.7 Å². The number of aryl methyl sites for hydroxylation is 1. The van der Waals surface area contributed by atoms with Crippen molar-refractivity contribution in [3.8, 4) is 17.1 Å². The number of methoxy groups -OCH3 is 1. The van der Waals surface area contributed by atoms with Crippen molar-refractivity contribution in [3.05, 3.63) is 64.6 Å². The van der Waals surface area contributed by atoms with Gasteiger partial charge in [-0.15, -0.1) is 0 Å². The van der Waals surface area contributed by atoms with E-state index in [4.69, 9.17) is 32.4 Å². The Bertz CT molecular complexity index is 925. The average Bonchev–Trinajstić information content (AvgIpc) is 3.13. The lowest BCUT2D eigenvalue weighted by Crippen LogP contribution is -2.12. The van der Waals surface area contributed by atoms with Crippen LogP contribution in [0.1, 0.15) is 12.3 Å². The van der Waals surface area contributed by atoms with Crippen LogP contribution in [0, 0.1) is 0 Å². The fraction of sp³-hybridized carbons (Fsp3) is 0.158. The number of oxazole rings is 1. The SMILES string of the molecule is COc1cccc(-c2cnc(CCC(=O)Nc3cccc(Cl)c3Cl)o2)c1. The number of amides is 1. The molecule has 0 aliphatic carbocycles. The first-order valence-electron chi connectivity index (χ1n) is 7.90. The Morgan fingerprint density at radius 3 is 2.85 bits per heavy atom. The topological polar surface area (TPSA) is 64.4 Å². The van der Waals surface area contributed by atoms with Crippen LogP contribution in [0.5, 0.6) is 5.75 Å². The number of hydrogen-bond donors (Lipinski definition) is 1. The summed E-state index contributed by atoms with van der Waals surface area (Å²) in [5.41, 5.74) is 1.34. The minimum Gasteiger partial charge on any atom is -0.497 e. The Morgan fingerprint density at radius 2 is 2.04 bits per heavy atom. The van der Waals surface area contributed by atoms with E-state index in [-0.39, 0.29) is 12.3 Å². The molecule has 7 heteroatoms. The van der Waals surface area contributed by atoms with Gasteiger partial charge < -0.3 is 14.5 Å². The lowest BCUT2D eigenvalue weighted by atomic mass is 10.2. The summed E-state index contributed by atoms with van der Waals surface area (Å²) in [6, 6.07) is 12.6. The number of carbonyl (C=O) groups excluding carboxylic acids is 1. The summed E-state index contributed by atoms with van der Waals surface area (Å²) in [5.74, 6) is 1.64. The molecule has 26 heavy (non-hydrogen) atoms. The van der Waals surface area contributed by atoms with Crippen LogP contribution in [0.15, 0.2) is 53.1 Å². The lowest BCUT2D eigenvalue weighted by Gasteiger charge is -2.07. The molecular weight excluding hydrogens is 375 g/mol. The molecule has 0 saturated heterocycles. The minimum atomic E-state index is -0.199. The molecule has 3 rings (SSSR count). The number of nitrogens with one attached hydrogen (secondary N) is 1. The van der Waals surface area contributed by atoms with E-state index in [1.54, 1.807) is 31.5 Å². The second-order valence-corrected chi connectivity index (χ2v) is 6.28. The first kappa shape index (κ1) is 18.3. The van der Waals surface area contributed by atoms with Crippen molar-refractivity contribution in [1.29, 1.82) is 0 Å². The molecule has 0 aliphatic rings. The standard InChI is InChI=1S/C19H16Cl2N2O3/c1-25-13-5-2-4-12(10-13)16-11-22-18(26-16)9-8-17(24)23-15-7-3-6-14(20)19(15)21/h2-7,10-11H,8-9H2,1H3,(H,23,24). The molecule has 1 aromatic heterocycles. The predicted molar refractivity (Wildman–Crippen MR) is 102 cm³/mol. The molecule has 0 aliphatic heterocycles. The van der Waals surface area contributed by atoms with Crippen molar-refractivity contribution in [2.45, 2.75) is 12.8 Å². The Labute approximate surface area is 160 Å². The van der Waals surface area contributed by atoms with Crippen molar-refractivity contribution >= 4 is 34.8 Å². The van der Waals surface area contributed by atoms with Crippen molar-refractivity contribution in [3.63, 3.8) is 0 Å². The highest BCUT2D eigenvalue weighted by molar-refractivity contribution is 6.43. The van der Waals surface area contributed by atoms with E-state index in [0.717, 1.165) is 11.3 Å². The van der Waals surface area contributed by atoms with Crippen LogP contribution in [0.3, 0.4) is 0 Å². The highest BCUT2D eigenvalue weighted by Gasteiger charge is 2.12. The molecular formula is C19H16Cl2N2O3. The zero-order chi connectivity index (χ0) is 18.5. The van der Waals surface area contributed by atoms with Crippen LogP contribution in [0.4, 0.5) is 5.69 Å². The summed E-state index contributed by atoms with van der Waals surface area (Å²) < 4.78 is 10.9. The summed E-state index contributed by atoms with van der Waals surface area (Å²) in [6.45, 7) is 0. The Balaban J connectivity index is 1.61. The largest absolute Gasteiger partial charge is 0.497 e. The lowest BCUT2D eigenvalue weighted by molar-refractivity contribution is -0.116. The normalized spacial score (nSPS) is 10.6. The van der Waals surface area contributed by atoms with Gasteiger partial charge in [-0.3, -0.25) is 4.79 Å². The number of benzene rings is 2. The van der Waals surface area contributed by atoms with Crippen LogP contribution in [-0.4, -0.2) is 18.0 Å². The van der Waals surface area contributed by atoms with Crippen molar-refractivity contribution in [2.75, 3.05) is 12.4 Å². The number of aromatic nitrogens is 1. The molecule has 1 heterocycles. The van der Waals surface area contributed by atoms with Gasteiger partial charge >= 0.3 is 0 Å². The molecule has 3 aromatic rings. The molecule has 5 nitrogen and oxygen atoms in total. The molecule has 134 valence electrons. The Kier molecular flexibility index (Phi) is 5.81. The third-order valence-electron chi connectivity index (χ3n) is 3.70. The zero-order valence-corrected chi connectivity index (χ0v) is 15.5. The third kappa shape index (κ3) is 4.36. The van der Waals surface area contributed by atoms with Gasteiger partial charge in [0.1, 0.15) is 5.75 Å². The maximum absolute atomic E-state index is 12.1. The van der Waals surface area contributed by atoms with Gasteiger partial charge in [-0.1, -0.05) is 41.4 Å². The first-order valence-corrected chi connectivity index (χ1v) is 8.65. The quantitative estimate of drug-likeness (QED) is 0.625. The number of hydrogen-bond acceptors (Lipinski definition) is 4. The monoisotopic (exact) mass is 390 g/mol. The minimum absolute atomic E-state index is 0.199. The van der Waals surface area contributed by atoms with E-state index in [1.165, 1.54) is 0 Å². The van der Waals surface area contributed by atoms with E-state index in [0.29, 0.717) is 33.8 Å². The third-order valence-corrected chi connectivity index (χ3v) is 4.52. The van der Waals surface area contributed by atoms with Gasteiger partial charge in [0.25, 0.3) is 0 Å². The molecule has 0 radical (unpaired) electrons. The average molecular weight is 391 g/mol. The fourth-order valence-electron chi connectivity index (χ4n) is 2.37. The van der Waals surface area contributed by atoms with Crippen molar-refractivity contribution in [1.82, 2.24) is 4.98 Å². The van der Waals surface area contributed by atoms with Crippen molar-refractivity contribution in [2.24, 2.45) is 0 Å². The second-order valence-electron chi connectivity index (χ2n) is 5.50. The Morgan fingerprint density at radius 1 is 1.23 bits per heavy atom. The highest BCUT2D eigenvalue weighted by atomic mass is 35.5. The second kappa shape index (κ2) is 8.25. The highest BCUT2D eigenvalue weighted by Crippen LogP contribution is 2.29. The number of nitrogens with zero attached hydrogens (tertiary/aromatic N) is 1. The number of rotatable bonds is 6. The van der Waals surface area contributed by atoms with Crippen LogP contribution in [-0.2, 0) is 11.2 Å². The van der Waals surface area contributed by atoms with Gasteiger partial charge in [0.2, 0.25) is 5.91 Å². The van der Waals surface area contributed by atoms with Gasteiger partial charge in [-0.25, -0.2) is 4.98 Å². The molecule has 1 amide bonds. The molecule has 2 aromatic carbocycles. The smallest absolute Gasteiger partial charge is 0.224 e. The van der Waals surface area contributed by atoms with Gasteiger partial charge in [-0.05, 0) is 24.3 Å². The van der Waals surface area contributed by atoms with E-state index in [1.807, 2.05) is 24.3 Å². The van der Waals surface area contributed by atoms with Crippen molar-refractivity contribution < 1.29 is 13.9 Å². The van der Waals surface area contributed by atoms with Crippen LogP contribution in [0.25, 0.3) is 11.3 Å². The number of anilines is 1. The Hall–Kier alpha value is -2.50. The molecule has 0 fully saturated rings.